The van der Waals surface area contributed by atoms with Crippen LogP contribution in [0.4, 0.5) is 0 Å². The molecule has 126 valence electrons. The molecule has 3 aromatic rings. The lowest BCUT2D eigenvalue weighted by Crippen LogP contribution is -2.17. The molecule has 3 rings (SSSR count). The molecule has 7 heteroatoms. The molecule has 0 aliphatic carbocycles. The second-order valence-corrected chi connectivity index (χ2v) is 5.19. The third kappa shape index (κ3) is 4.03. The minimum absolute atomic E-state index is 0.132. The molecule has 3 N–H and O–H groups in total. The number of phenols is 1. The van der Waals surface area contributed by atoms with Crippen molar-refractivity contribution >= 4 is 12.1 Å². The number of hydrogen-bond acceptors (Lipinski definition) is 5. The molecule has 7 nitrogen and oxygen atoms in total. The second kappa shape index (κ2) is 7.31. The number of benzene rings is 2. The first-order valence-corrected chi connectivity index (χ1v) is 7.48. The molecular weight excluding hydrogens is 320 g/mol. The minimum atomic E-state index is -0.413. The van der Waals surface area contributed by atoms with Crippen LogP contribution in [0.25, 0.3) is 11.3 Å². The number of hydrazone groups is 1. The lowest BCUT2D eigenvalue weighted by molar-refractivity contribution is 0.0950. The van der Waals surface area contributed by atoms with Crippen LogP contribution in [0.2, 0.25) is 0 Å². The van der Waals surface area contributed by atoms with E-state index in [1.165, 1.54) is 12.3 Å². The van der Waals surface area contributed by atoms with E-state index < -0.39 is 5.91 Å². The van der Waals surface area contributed by atoms with Gasteiger partial charge in [-0.3, -0.25) is 9.89 Å². The molecule has 0 fully saturated rings. The molecule has 0 aliphatic rings. The highest BCUT2D eigenvalue weighted by molar-refractivity contribution is 5.94. The second-order valence-electron chi connectivity index (χ2n) is 5.19. The van der Waals surface area contributed by atoms with Gasteiger partial charge in [-0.05, 0) is 48.0 Å². The van der Waals surface area contributed by atoms with Gasteiger partial charge in [0.15, 0.2) is 0 Å². The standard InChI is InChI=1S/C18H16N4O3/c1-25-15-7-5-13(6-8-15)16-10-17(21-20-16)18(24)22-19-11-12-3-2-4-14(23)9-12/h2-11,23H,1H3,(H,20,21)(H,22,24)/b19-11-. The van der Waals surface area contributed by atoms with Crippen molar-refractivity contribution in [1.29, 1.82) is 0 Å². The van der Waals surface area contributed by atoms with Gasteiger partial charge in [0, 0.05) is 5.56 Å². The van der Waals surface area contributed by atoms with Crippen molar-refractivity contribution in [2.45, 2.75) is 0 Å². The van der Waals surface area contributed by atoms with E-state index in [9.17, 15) is 9.90 Å². The molecule has 0 saturated heterocycles. The number of H-pyrrole nitrogens is 1. The van der Waals surface area contributed by atoms with E-state index in [2.05, 4.69) is 20.7 Å². The summed E-state index contributed by atoms with van der Waals surface area (Å²) in [6, 6.07) is 15.5. The monoisotopic (exact) mass is 336 g/mol. The SMILES string of the molecule is COc1ccc(-c2cc(C(=O)N/N=C\c3cccc(O)c3)[nH]n2)cc1. The molecule has 0 aliphatic heterocycles. The molecule has 2 aromatic carbocycles. The zero-order valence-corrected chi connectivity index (χ0v) is 13.4. The number of aromatic amines is 1. The number of nitrogens with zero attached hydrogens (tertiary/aromatic N) is 2. The number of ether oxygens (including phenoxy) is 1. The van der Waals surface area contributed by atoms with Crippen LogP contribution in [0.1, 0.15) is 16.1 Å². The maximum Gasteiger partial charge on any atom is 0.289 e. The summed E-state index contributed by atoms with van der Waals surface area (Å²) in [5.74, 6) is 0.468. The maximum absolute atomic E-state index is 12.1. The Kier molecular flexibility index (Phi) is 4.75. The van der Waals surface area contributed by atoms with Crippen molar-refractivity contribution < 1.29 is 14.6 Å². The largest absolute Gasteiger partial charge is 0.508 e. The molecule has 0 radical (unpaired) electrons. The highest BCUT2D eigenvalue weighted by Crippen LogP contribution is 2.21. The highest BCUT2D eigenvalue weighted by Gasteiger charge is 2.10. The maximum atomic E-state index is 12.1. The zero-order chi connectivity index (χ0) is 17.6. The van der Waals surface area contributed by atoms with Crippen molar-refractivity contribution in [3.63, 3.8) is 0 Å². The number of rotatable bonds is 5. The molecule has 0 bridgehead atoms. The highest BCUT2D eigenvalue weighted by atomic mass is 16.5. The van der Waals surface area contributed by atoms with Crippen molar-refractivity contribution in [3.8, 4) is 22.8 Å². The van der Waals surface area contributed by atoms with Gasteiger partial charge in [-0.25, -0.2) is 5.43 Å². The number of methoxy groups -OCH3 is 1. The van der Waals surface area contributed by atoms with Gasteiger partial charge in [0.2, 0.25) is 0 Å². The van der Waals surface area contributed by atoms with Gasteiger partial charge in [0.25, 0.3) is 5.91 Å². The van der Waals surface area contributed by atoms with E-state index >= 15 is 0 Å². The number of phenolic OH excluding ortho intramolecular Hbond substituents is 1. The average Bonchev–Trinajstić information content (AvgIpc) is 3.12. The van der Waals surface area contributed by atoms with Crippen LogP contribution in [0, 0.1) is 0 Å². The fourth-order valence-electron chi connectivity index (χ4n) is 2.18. The Balaban J connectivity index is 1.66. The smallest absolute Gasteiger partial charge is 0.289 e. The van der Waals surface area contributed by atoms with Gasteiger partial charge in [-0.1, -0.05) is 12.1 Å². The van der Waals surface area contributed by atoms with E-state index in [0.717, 1.165) is 11.3 Å². The number of aromatic nitrogens is 2. The Morgan fingerprint density at radius 1 is 1.24 bits per heavy atom. The lowest BCUT2D eigenvalue weighted by Gasteiger charge is -2.00. The van der Waals surface area contributed by atoms with Crippen LogP contribution >= 0.6 is 0 Å². The lowest BCUT2D eigenvalue weighted by atomic mass is 10.1. The summed E-state index contributed by atoms with van der Waals surface area (Å²) >= 11 is 0. The number of nitrogens with one attached hydrogen (secondary N) is 2. The fraction of sp³-hybridized carbons (Fsp3) is 0.0556. The predicted molar refractivity (Wildman–Crippen MR) is 93.7 cm³/mol. The quantitative estimate of drug-likeness (QED) is 0.492. The first-order valence-electron chi connectivity index (χ1n) is 7.48. The van der Waals surface area contributed by atoms with E-state index in [4.69, 9.17) is 4.74 Å². The summed E-state index contributed by atoms with van der Waals surface area (Å²) in [6.45, 7) is 0. The van der Waals surface area contributed by atoms with E-state index in [-0.39, 0.29) is 5.75 Å². The Morgan fingerprint density at radius 3 is 2.76 bits per heavy atom. The summed E-state index contributed by atoms with van der Waals surface area (Å²) < 4.78 is 5.11. The van der Waals surface area contributed by atoms with Gasteiger partial charge in [-0.2, -0.15) is 10.2 Å². The van der Waals surface area contributed by atoms with Gasteiger partial charge in [0.05, 0.1) is 19.0 Å². The first kappa shape index (κ1) is 16.3. The summed E-state index contributed by atoms with van der Waals surface area (Å²) in [7, 11) is 1.60. The minimum Gasteiger partial charge on any atom is -0.508 e. The third-order valence-corrected chi connectivity index (χ3v) is 3.46. The zero-order valence-electron chi connectivity index (χ0n) is 13.4. The van der Waals surface area contributed by atoms with Crippen LogP contribution in [0.3, 0.4) is 0 Å². The number of carbonyl (C=O) groups excluding carboxylic acids is 1. The van der Waals surface area contributed by atoms with Crippen molar-refractivity contribution in [2.75, 3.05) is 7.11 Å². The molecule has 1 aromatic heterocycles. The Bertz CT molecular complexity index is 901. The van der Waals surface area contributed by atoms with Gasteiger partial charge < -0.3 is 9.84 Å². The van der Waals surface area contributed by atoms with Crippen molar-refractivity contribution in [3.05, 3.63) is 65.9 Å². The summed E-state index contributed by atoms with van der Waals surface area (Å²) in [4.78, 5) is 12.1. The van der Waals surface area contributed by atoms with Gasteiger partial charge in [0.1, 0.15) is 17.2 Å². The van der Waals surface area contributed by atoms with E-state index in [1.54, 1.807) is 31.4 Å². The number of carbonyl (C=O) groups is 1. The molecule has 0 unspecified atom stereocenters. The van der Waals surface area contributed by atoms with Crippen molar-refractivity contribution in [1.82, 2.24) is 15.6 Å². The van der Waals surface area contributed by atoms with Crippen LogP contribution < -0.4 is 10.2 Å². The molecule has 0 saturated carbocycles. The van der Waals surface area contributed by atoms with Crippen LogP contribution in [-0.4, -0.2) is 34.5 Å². The third-order valence-electron chi connectivity index (χ3n) is 3.46. The van der Waals surface area contributed by atoms with E-state index in [1.807, 2.05) is 24.3 Å². The number of hydrogen-bond donors (Lipinski definition) is 3. The van der Waals surface area contributed by atoms with Crippen LogP contribution in [-0.2, 0) is 0 Å². The Morgan fingerprint density at radius 2 is 2.04 bits per heavy atom. The topological polar surface area (TPSA) is 99.6 Å². The average molecular weight is 336 g/mol. The number of aromatic hydroxyl groups is 1. The Hall–Kier alpha value is -3.61. The summed E-state index contributed by atoms with van der Waals surface area (Å²) in [6.07, 6.45) is 1.44. The first-order chi connectivity index (χ1) is 12.2. The van der Waals surface area contributed by atoms with Gasteiger partial charge in [-0.15, -0.1) is 0 Å². The number of amides is 1. The summed E-state index contributed by atoms with van der Waals surface area (Å²) in [5.41, 5.74) is 4.87. The van der Waals surface area contributed by atoms with Crippen molar-refractivity contribution in [2.24, 2.45) is 5.10 Å². The summed E-state index contributed by atoms with van der Waals surface area (Å²) in [5, 5.41) is 20.0. The fourth-order valence-corrected chi connectivity index (χ4v) is 2.18. The Labute approximate surface area is 144 Å². The molecular formula is C18H16N4O3. The predicted octanol–water partition coefficient (Wildman–Crippen LogP) is 2.55. The molecule has 1 heterocycles. The molecule has 0 spiro atoms. The van der Waals surface area contributed by atoms with Crippen LogP contribution in [0.5, 0.6) is 11.5 Å². The van der Waals surface area contributed by atoms with Crippen LogP contribution in [0.15, 0.2) is 59.7 Å². The van der Waals surface area contributed by atoms with E-state index in [0.29, 0.717) is 17.0 Å². The molecule has 1 amide bonds. The molecule has 0 atom stereocenters. The van der Waals surface area contributed by atoms with Gasteiger partial charge >= 0.3 is 0 Å². The molecule has 25 heavy (non-hydrogen) atoms. The normalized spacial score (nSPS) is 10.8.